The van der Waals surface area contributed by atoms with Crippen LogP contribution in [0.4, 0.5) is 0 Å². The third kappa shape index (κ3) is 3.47. The standard InChI is InChI=1S/C12H14BrN3/c13-12-3-1-2-11(8-12)9-14-4-6-16-7-5-15-10-16/h1-3,5,7-8,10,14H,4,6,9H2. The van der Waals surface area contributed by atoms with Gasteiger partial charge in [0.05, 0.1) is 6.33 Å². The van der Waals surface area contributed by atoms with Crippen molar-refractivity contribution < 1.29 is 0 Å². The van der Waals surface area contributed by atoms with Gasteiger partial charge in [-0.3, -0.25) is 0 Å². The zero-order chi connectivity index (χ0) is 11.2. The second-order valence-corrected chi connectivity index (χ2v) is 4.52. The molecule has 1 heterocycles. The smallest absolute Gasteiger partial charge is 0.0946 e. The molecule has 0 aliphatic rings. The summed E-state index contributed by atoms with van der Waals surface area (Å²) in [5.74, 6) is 0. The molecule has 0 radical (unpaired) electrons. The molecule has 0 bridgehead atoms. The molecule has 1 aromatic heterocycles. The average molecular weight is 280 g/mol. The van der Waals surface area contributed by atoms with Crippen LogP contribution >= 0.6 is 15.9 Å². The molecule has 0 amide bonds. The second-order valence-electron chi connectivity index (χ2n) is 3.61. The summed E-state index contributed by atoms with van der Waals surface area (Å²) in [6.45, 7) is 2.80. The van der Waals surface area contributed by atoms with Gasteiger partial charge < -0.3 is 9.88 Å². The van der Waals surface area contributed by atoms with Crippen molar-refractivity contribution in [2.75, 3.05) is 6.54 Å². The van der Waals surface area contributed by atoms with E-state index in [4.69, 9.17) is 0 Å². The molecular weight excluding hydrogens is 266 g/mol. The van der Waals surface area contributed by atoms with Gasteiger partial charge in [-0.25, -0.2) is 4.98 Å². The molecule has 1 aromatic carbocycles. The van der Waals surface area contributed by atoms with E-state index in [1.807, 2.05) is 18.6 Å². The van der Waals surface area contributed by atoms with Crippen molar-refractivity contribution in [1.29, 1.82) is 0 Å². The van der Waals surface area contributed by atoms with Crippen molar-refractivity contribution in [3.05, 3.63) is 53.0 Å². The molecule has 0 fully saturated rings. The number of aromatic nitrogens is 2. The number of rotatable bonds is 5. The first-order valence-electron chi connectivity index (χ1n) is 5.25. The first kappa shape index (κ1) is 11.4. The Morgan fingerprint density at radius 3 is 3.06 bits per heavy atom. The van der Waals surface area contributed by atoms with Crippen LogP contribution in [0.5, 0.6) is 0 Å². The lowest BCUT2D eigenvalue weighted by Gasteiger charge is -2.05. The molecule has 0 saturated heterocycles. The van der Waals surface area contributed by atoms with Crippen LogP contribution < -0.4 is 5.32 Å². The highest BCUT2D eigenvalue weighted by atomic mass is 79.9. The molecule has 0 atom stereocenters. The molecule has 0 aliphatic heterocycles. The van der Waals surface area contributed by atoms with Crippen molar-refractivity contribution in [2.45, 2.75) is 13.1 Å². The Kier molecular flexibility index (Phi) is 4.13. The van der Waals surface area contributed by atoms with Crippen LogP contribution in [0, 0.1) is 0 Å². The molecule has 3 nitrogen and oxygen atoms in total. The SMILES string of the molecule is Brc1cccc(CNCCn2ccnc2)c1. The molecule has 0 spiro atoms. The predicted molar refractivity (Wildman–Crippen MR) is 68.1 cm³/mol. The van der Waals surface area contributed by atoms with Gasteiger partial charge in [0.15, 0.2) is 0 Å². The molecular formula is C12H14BrN3. The number of nitrogens with one attached hydrogen (secondary N) is 1. The lowest BCUT2D eigenvalue weighted by atomic mass is 10.2. The van der Waals surface area contributed by atoms with Gasteiger partial charge in [0.25, 0.3) is 0 Å². The van der Waals surface area contributed by atoms with Gasteiger partial charge in [-0.1, -0.05) is 28.1 Å². The Hall–Kier alpha value is -1.13. The minimum absolute atomic E-state index is 0.897. The summed E-state index contributed by atoms with van der Waals surface area (Å²) >= 11 is 3.46. The van der Waals surface area contributed by atoms with E-state index in [2.05, 4.69) is 49.0 Å². The Morgan fingerprint density at radius 2 is 2.31 bits per heavy atom. The van der Waals surface area contributed by atoms with E-state index in [0.717, 1.165) is 24.1 Å². The first-order valence-corrected chi connectivity index (χ1v) is 6.05. The highest BCUT2D eigenvalue weighted by Crippen LogP contribution is 2.11. The van der Waals surface area contributed by atoms with E-state index in [0.29, 0.717) is 0 Å². The van der Waals surface area contributed by atoms with Crippen molar-refractivity contribution >= 4 is 15.9 Å². The van der Waals surface area contributed by atoms with Crippen LogP contribution in [0.15, 0.2) is 47.5 Å². The zero-order valence-electron chi connectivity index (χ0n) is 8.94. The largest absolute Gasteiger partial charge is 0.336 e. The number of benzene rings is 1. The summed E-state index contributed by atoms with van der Waals surface area (Å²) < 4.78 is 3.19. The minimum atomic E-state index is 0.897. The van der Waals surface area contributed by atoms with Gasteiger partial charge in [-0.15, -0.1) is 0 Å². The van der Waals surface area contributed by atoms with Gasteiger partial charge >= 0.3 is 0 Å². The number of hydrogen-bond donors (Lipinski definition) is 1. The predicted octanol–water partition coefficient (Wildman–Crippen LogP) is 2.44. The maximum atomic E-state index is 4.00. The highest BCUT2D eigenvalue weighted by Gasteiger charge is 1.94. The van der Waals surface area contributed by atoms with Gasteiger partial charge in [0, 0.05) is 36.5 Å². The summed E-state index contributed by atoms with van der Waals surface area (Å²) in [7, 11) is 0. The van der Waals surface area contributed by atoms with Crippen LogP contribution in [-0.4, -0.2) is 16.1 Å². The van der Waals surface area contributed by atoms with E-state index >= 15 is 0 Å². The molecule has 2 aromatic rings. The number of imidazole rings is 1. The lowest BCUT2D eigenvalue weighted by molar-refractivity contribution is 0.597. The Labute approximate surface area is 104 Å². The van der Waals surface area contributed by atoms with Crippen molar-refractivity contribution in [1.82, 2.24) is 14.9 Å². The quantitative estimate of drug-likeness (QED) is 0.852. The van der Waals surface area contributed by atoms with Crippen LogP contribution in [0.3, 0.4) is 0 Å². The van der Waals surface area contributed by atoms with E-state index in [1.165, 1.54) is 5.56 Å². The van der Waals surface area contributed by atoms with Crippen LogP contribution in [0.25, 0.3) is 0 Å². The minimum Gasteiger partial charge on any atom is -0.336 e. The lowest BCUT2D eigenvalue weighted by Crippen LogP contribution is -2.18. The molecule has 0 unspecified atom stereocenters. The normalized spacial score (nSPS) is 10.6. The fourth-order valence-corrected chi connectivity index (χ4v) is 1.95. The molecule has 0 aliphatic carbocycles. The molecule has 16 heavy (non-hydrogen) atoms. The highest BCUT2D eigenvalue weighted by molar-refractivity contribution is 9.10. The zero-order valence-corrected chi connectivity index (χ0v) is 10.5. The maximum absolute atomic E-state index is 4.00. The summed E-state index contributed by atoms with van der Waals surface area (Å²) in [5.41, 5.74) is 1.29. The van der Waals surface area contributed by atoms with E-state index < -0.39 is 0 Å². The monoisotopic (exact) mass is 279 g/mol. The molecule has 2 rings (SSSR count). The molecule has 4 heteroatoms. The van der Waals surface area contributed by atoms with Gasteiger partial charge in [-0.05, 0) is 17.7 Å². The fraction of sp³-hybridized carbons (Fsp3) is 0.250. The van der Waals surface area contributed by atoms with Crippen molar-refractivity contribution in [3.63, 3.8) is 0 Å². The second kappa shape index (κ2) is 5.82. The third-order valence-corrected chi connectivity index (χ3v) is 2.82. The van der Waals surface area contributed by atoms with Crippen molar-refractivity contribution in [3.8, 4) is 0 Å². The van der Waals surface area contributed by atoms with Gasteiger partial charge in [-0.2, -0.15) is 0 Å². The van der Waals surface area contributed by atoms with Crippen LogP contribution in [0.2, 0.25) is 0 Å². The topological polar surface area (TPSA) is 29.9 Å². The molecule has 0 saturated carbocycles. The molecule has 1 N–H and O–H groups in total. The molecule has 84 valence electrons. The fourth-order valence-electron chi connectivity index (χ4n) is 1.51. The Bertz CT molecular complexity index is 426. The van der Waals surface area contributed by atoms with E-state index in [-0.39, 0.29) is 0 Å². The van der Waals surface area contributed by atoms with Gasteiger partial charge in [0.1, 0.15) is 0 Å². The summed E-state index contributed by atoms with van der Waals surface area (Å²) in [5, 5.41) is 3.40. The average Bonchev–Trinajstić information content (AvgIpc) is 2.77. The number of halogens is 1. The van der Waals surface area contributed by atoms with Crippen LogP contribution in [-0.2, 0) is 13.1 Å². The number of nitrogens with zero attached hydrogens (tertiary/aromatic N) is 2. The summed E-state index contributed by atoms with van der Waals surface area (Å²) in [4.78, 5) is 4.00. The first-order chi connectivity index (χ1) is 7.84. The maximum Gasteiger partial charge on any atom is 0.0946 e. The van der Waals surface area contributed by atoms with Gasteiger partial charge in [0.2, 0.25) is 0 Å². The third-order valence-electron chi connectivity index (χ3n) is 2.32. The van der Waals surface area contributed by atoms with E-state index in [1.54, 1.807) is 6.20 Å². The number of hydrogen-bond acceptors (Lipinski definition) is 2. The van der Waals surface area contributed by atoms with Crippen molar-refractivity contribution in [2.24, 2.45) is 0 Å². The van der Waals surface area contributed by atoms with E-state index in [9.17, 15) is 0 Å². The Morgan fingerprint density at radius 1 is 1.38 bits per heavy atom. The Balaban J connectivity index is 1.72. The summed E-state index contributed by atoms with van der Waals surface area (Å²) in [6, 6.07) is 8.34. The van der Waals surface area contributed by atoms with Crippen LogP contribution in [0.1, 0.15) is 5.56 Å². The summed E-state index contributed by atoms with van der Waals surface area (Å²) in [6.07, 6.45) is 5.61.